The lowest BCUT2D eigenvalue weighted by Gasteiger charge is -2.06. The van der Waals surface area contributed by atoms with Gasteiger partial charge in [0.2, 0.25) is 0 Å². The van der Waals surface area contributed by atoms with Crippen LogP contribution in [0.3, 0.4) is 0 Å². The molecular weight excluding hydrogens is 689 g/mol. The predicted octanol–water partition coefficient (Wildman–Crippen LogP) is 11.5. The molecule has 4 N–H and O–H groups in total. The van der Waals surface area contributed by atoms with E-state index in [-0.39, 0.29) is 0 Å². The van der Waals surface area contributed by atoms with E-state index in [1.165, 1.54) is 82.8 Å². The molecule has 0 amide bonds. The molecule has 0 spiro atoms. The molecule has 0 aliphatic heterocycles. The Labute approximate surface area is 307 Å². The van der Waals surface area contributed by atoms with E-state index < -0.39 is 0 Å². The third kappa shape index (κ3) is 5.29. The number of thiophene rings is 4. The van der Waals surface area contributed by atoms with Gasteiger partial charge < -0.3 is 11.7 Å². The van der Waals surface area contributed by atoms with E-state index in [1.54, 1.807) is 11.3 Å². The molecule has 0 aliphatic carbocycles. The molecule has 248 valence electrons. The van der Waals surface area contributed by atoms with E-state index in [1.807, 2.05) is 34.0 Å². The molecule has 8 heteroatoms. The number of nitrogens with zero attached hydrogens (tertiary/aromatic N) is 2. The molecule has 4 heterocycles. The van der Waals surface area contributed by atoms with Crippen LogP contribution in [-0.4, -0.2) is 0 Å². The van der Waals surface area contributed by atoms with Crippen LogP contribution >= 0.6 is 45.3 Å². The van der Waals surface area contributed by atoms with Gasteiger partial charge in [-0.3, -0.25) is 0 Å². The lowest BCUT2D eigenvalue weighted by atomic mass is 9.98. The molecule has 0 saturated heterocycles. The summed E-state index contributed by atoms with van der Waals surface area (Å²) in [6, 6.07) is 30.6. The molecule has 0 bridgehead atoms. The molecule has 0 aliphatic rings. The lowest BCUT2D eigenvalue weighted by molar-refractivity contribution is 1.17. The number of hydrogen-bond acceptors (Lipinski definition) is 8. The van der Waals surface area contributed by atoms with Gasteiger partial charge in [0.15, 0.2) is 0 Å². The summed E-state index contributed by atoms with van der Waals surface area (Å²) in [4.78, 5) is 7.75. The van der Waals surface area contributed by atoms with E-state index in [0.29, 0.717) is 0 Å². The summed E-state index contributed by atoms with van der Waals surface area (Å²) in [5.41, 5.74) is 7.55. The van der Waals surface area contributed by atoms with Gasteiger partial charge >= 0.3 is 0 Å². The molecule has 5 aromatic carbocycles. The Bertz CT molecular complexity index is 2830. The first-order valence-electron chi connectivity index (χ1n) is 16.5. The first kappa shape index (κ1) is 32.6. The summed E-state index contributed by atoms with van der Waals surface area (Å²) in [5, 5.41) is 17.4. The smallest absolute Gasteiger partial charge is 0.0995 e. The maximum atomic E-state index is 6.07. The Morgan fingerprint density at radius 2 is 0.900 bits per heavy atom. The van der Waals surface area contributed by atoms with Gasteiger partial charge in [0.25, 0.3) is 0 Å². The number of fused-ring (bicyclic) bond motifs is 6. The molecule has 9 aromatic rings. The monoisotopic (exact) mass is 724 g/mol. The number of aryl methyl sites for hydroxylation is 6. The topological polar surface area (TPSA) is 76.8 Å². The van der Waals surface area contributed by atoms with Gasteiger partial charge in [-0.2, -0.15) is 10.2 Å². The van der Waals surface area contributed by atoms with E-state index in [9.17, 15) is 0 Å². The van der Waals surface area contributed by atoms with Crippen LogP contribution in [0, 0.1) is 41.5 Å². The van der Waals surface area contributed by atoms with Crippen LogP contribution in [0.1, 0.15) is 32.0 Å². The van der Waals surface area contributed by atoms with Crippen LogP contribution in [-0.2, 0) is 0 Å². The number of nitrogens with two attached hydrogens (primary N) is 2. The summed E-state index contributed by atoms with van der Waals surface area (Å²) < 4.78 is 2.47. The van der Waals surface area contributed by atoms with Crippen LogP contribution in [0.25, 0.3) is 72.4 Å². The third-order valence-electron chi connectivity index (χ3n) is 9.54. The molecule has 0 saturated carbocycles. The SMILES string of the molecule is Cc1ccc(-c2ccc(-c3cc4/c(=N\N)c5c(C)c6c(c(C)c5c4s3)/c(=N/N)c3cc(C)sc36)s2)cc1.Cc1ccc(-c2ccc(C)s2)cc1. The van der Waals surface area contributed by atoms with Crippen molar-refractivity contribution in [2.45, 2.75) is 41.5 Å². The second-order valence-electron chi connectivity index (χ2n) is 13.0. The van der Waals surface area contributed by atoms with Crippen LogP contribution in [0.5, 0.6) is 0 Å². The van der Waals surface area contributed by atoms with Gasteiger partial charge in [-0.15, -0.1) is 45.3 Å². The van der Waals surface area contributed by atoms with Gasteiger partial charge in [-0.25, -0.2) is 0 Å². The fourth-order valence-corrected chi connectivity index (χ4v) is 11.5. The normalized spacial score (nSPS) is 12.6. The molecule has 4 aromatic heterocycles. The first-order chi connectivity index (χ1) is 24.2. The van der Waals surface area contributed by atoms with Crippen LogP contribution < -0.4 is 22.4 Å². The Kier molecular flexibility index (Phi) is 8.23. The Balaban J connectivity index is 0.000000233. The second kappa shape index (κ2) is 12.6. The van der Waals surface area contributed by atoms with Gasteiger partial charge in [-0.05, 0) is 100 Å². The van der Waals surface area contributed by atoms with Gasteiger partial charge in [0.1, 0.15) is 0 Å². The highest BCUT2D eigenvalue weighted by atomic mass is 32.1. The van der Waals surface area contributed by atoms with Crippen molar-refractivity contribution in [2.75, 3.05) is 0 Å². The van der Waals surface area contributed by atoms with Gasteiger partial charge in [-0.1, -0.05) is 59.7 Å². The van der Waals surface area contributed by atoms with Crippen molar-refractivity contribution in [3.8, 4) is 30.6 Å². The molecule has 0 atom stereocenters. The minimum Gasteiger partial charge on any atom is -0.323 e. The van der Waals surface area contributed by atoms with Gasteiger partial charge in [0, 0.05) is 71.0 Å². The van der Waals surface area contributed by atoms with Crippen molar-refractivity contribution < 1.29 is 0 Å². The molecular formula is C42H36N4S4. The summed E-state index contributed by atoms with van der Waals surface area (Å²) >= 11 is 7.29. The predicted molar refractivity (Wildman–Crippen MR) is 221 cm³/mol. The molecule has 9 rings (SSSR count). The fourth-order valence-electron chi connectivity index (χ4n) is 7.10. The van der Waals surface area contributed by atoms with Gasteiger partial charge in [0.05, 0.1) is 10.7 Å². The molecule has 50 heavy (non-hydrogen) atoms. The van der Waals surface area contributed by atoms with Crippen LogP contribution in [0.15, 0.2) is 95.1 Å². The quantitative estimate of drug-likeness (QED) is 0.141. The summed E-state index contributed by atoms with van der Waals surface area (Å²) in [6.07, 6.45) is 0. The number of hydrogen-bond donors (Lipinski definition) is 2. The van der Waals surface area contributed by atoms with Crippen LogP contribution in [0.2, 0.25) is 0 Å². The highest BCUT2D eigenvalue weighted by Crippen LogP contribution is 2.46. The number of rotatable bonds is 3. The Morgan fingerprint density at radius 3 is 1.42 bits per heavy atom. The van der Waals surface area contributed by atoms with Crippen molar-refractivity contribution in [1.82, 2.24) is 0 Å². The first-order valence-corrected chi connectivity index (χ1v) is 19.7. The van der Waals surface area contributed by atoms with Crippen molar-refractivity contribution >= 4 is 87.1 Å². The largest absolute Gasteiger partial charge is 0.323 e. The fraction of sp³-hybridized carbons (Fsp3) is 0.143. The molecule has 0 fully saturated rings. The lowest BCUT2D eigenvalue weighted by Crippen LogP contribution is -2.07. The minimum absolute atomic E-state index is 0.874. The highest BCUT2D eigenvalue weighted by molar-refractivity contribution is 7.27. The molecule has 0 radical (unpaired) electrons. The van der Waals surface area contributed by atoms with Crippen molar-refractivity contribution in [3.63, 3.8) is 0 Å². The standard InChI is InChI=1S/C30H24N4S3.C12H12S/c1-13-5-7-17(8-6-13)20-9-10-21(36-20)22-12-19-28(34-32)24-15(3)25-23(16(4)26(24)30(19)37-22)27(33-31)18-11-14(2)35-29(18)25;1-9-3-6-11(7-4-9)12-8-5-10(2)13-12/h5-12H,31-32H2,1-4H3;3-8H,1-2H3/b33-27+,34-28+;. The summed E-state index contributed by atoms with van der Waals surface area (Å²) in [5.74, 6) is 12.1. The zero-order valence-corrected chi connectivity index (χ0v) is 32.0. The summed E-state index contributed by atoms with van der Waals surface area (Å²) in [6.45, 7) is 12.9. The van der Waals surface area contributed by atoms with E-state index >= 15 is 0 Å². The van der Waals surface area contributed by atoms with Crippen molar-refractivity contribution in [3.05, 3.63) is 128 Å². The average Bonchev–Trinajstić information content (AvgIpc) is 3.95. The molecule has 4 nitrogen and oxygen atoms in total. The summed E-state index contributed by atoms with van der Waals surface area (Å²) in [7, 11) is 0. The zero-order chi connectivity index (χ0) is 34.8. The van der Waals surface area contributed by atoms with E-state index in [4.69, 9.17) is 11.7 Å². The van der Waals surface area contributed by atoms with E-state index in [2.05, 4.69) is 137 Å². The number of benzene rings is 3. The van der Waals surface area contributed by atoms with Crippen molar-refractivity contribution in [2.24, 2.45) is 21.9 Å². The van der Waals surface area contributed by atoms with E-state index in [0.717, 1.165) is 32.3 Å². The second-order valence-corrected chi connectivity index (χ2v) is 17.6. The highest BCUT2D eigenvalue weighted by Gasteiger charge is 2.24. The third-order valence-corrected chi connectivity index (χ3v) is 14.1. The Hall–Kier alpha value is -4.60. The molecule has 0 unspecified atom stereocenters. The average molecular weight is 725 g/mol. The zero-order valence-electron chi connectivity index (χ0n) is 28.8. The van der Waals surface area contributed by atoms with Crippen LogP contribution in [0.4, 0.5) is 0 Å². The minimum atomic E-state index is 0.874. The maximum absolute atomic E-state index is 6.07. The van der Waals surface area contributed by atoms with Crippen molar-refractivity contribution in [1.29, 1.82) is 0 Å². The Morgan fingerprint density at radius 1 is 0.420 bits per heavy atom. The maximum Gasteiger partial charge on any atom is 0.0995 e.